The predicted molar refractivity (Wildman–Crippen MR) is 121 cm³/mol. The average Bonchev–Trinajstić information content (AvgIpc) is 3.15. The molecule has 6 heteroatoms. The number of ether oxygens (including phenoxy) is 1. The second kappa shape index (κ2) is 7.31. The van der Waals surface area contributed by atoms with Gasteiger partial charge >= 0.3 is 0 Å². The highest BCUT2D eigenvalue weighted by Gasteiger charge is 2.64. The van der Waals surface area contributed by atoms with Crippen LogP contribution in [-0.2, 0) is 11.8 Å². The molecule has 1 aromatic rings. The molecule has 172 valence electrons. The summed E-state index contributed by atoms with van der Waals surface area (Å²) in [6.45, 7) is 4.50. The fourth-order valence-electron chi connectivity index (χ4n) is 7.57. The lowest BCUT2D eigenvalue weighted by Gasteiger charge is -2.56. The lowest BCUT2D eigenvalue weighted by atomic mass is 9.53. The molecule has 6 atom stereocenters. The number of benzene rings is 1. The Balaban J connectivity index is 1.46. The van der Waals surface area contributed by atoms with E-state index in [0.29, 0.717) is 23.9 Å². The van der Waals surface area contributed by atoms with Gasteiger partial charge in [0, 0.05) is 34.5 Å². The number of nitrogens with zero attached hydrogens (tertiary/aromatic N) is 2. The van der Waals surface area contributed by atoms with Crippen molar-refractivity contribution in [1.82, 2.24) is 9.80 Å². The molecule has 3 aliphatic heterocycles. The lowest BCUT2D eigenvalue weighted by molar-refractivity contribution is -0.0453. The zero-order valence-electron chi connectivity index (χ0n) is 19.1. The van der Waals surface area contributed by atoms with Gasteiger partial charge in [-0.2, -0.15) is 0 Å². The SMILES string of the molecule is CCC1CCCCN1CC(=O)c1cc(O)c2c3c1C[C@@H]1[C@@H]4C=C[C@H](O)[C@H](O2)[C@]34CCN1C. The second-order valence-electron chi connectivity index (χ2n) is 10.6. The summed E-state index contributed by atoms with van der Waals surface area (Å²) in [4.78, 5) is 18.4. The number of likely N-dealkylation sites (tertiary alicyclic amines) is 2. The van der Waals surface area contributed by atoms with Crippen molar-refractivity contribution >= 4 is 5.78 Å². The van der Waals surface area contributed by atoms with Crippen LogP contribution in [0.5, 0.6) is 11.5 Å². The van der Waals surface area contributed by atoms with Gasteiger partial charge in [-0.05, 0) is 63.9 Å². The van der Waals surface area contributed by atoms with Gasteiger partial charge in [-0.3, -0.25) is 9.69 Å². The van der Waals surface area contributed by atoms with Crippen LogP contribution in [0, 0.1) is 5.92 Å². The van der Waals surface area contributed by atoms with Gasteiger partial charge in [0.15, 0.2) is 17.3 Å². The Morgan fingerprint density at radius 3 is 2.94 bits per heavy atom. The first-order valence-corrected chi connectivity index (χ1v) is 12.4. The van der Waals surface area contributed by atoms with E-state index in [9.17, 15) is 15.0 Å². The molecule has 2 fully saturated rings. The summed E-state index contributed by atoms with van der Waals surface area (Å²) in [5.41, 5.74) is 2.35. The van der Waals surface area contributed by atoms with Crippen molar-refractivity contribution in [2.24, 2.45) is 5.92 Å². The summed E-state index contributed by atoms with van der Waals surface area (Å²) < 4.78 is 6.28. The molecule has 0 amide bonds. The molecule has 6 nitrogen and oxygen atoms in total. The van der Waals surface area contributed by atoms with E-state index < -0.39 is 12.2 Å². The number of aliphatic hydroxyl groups is 1. The van der Waals surface area contributed by atoms with E-state index in [-0.39, 0.29) is 28.9 Å². The van der Waals surface area contributed by atoms with E-state index in [1.54, 1.807) is 6.07 Å². The van der Waals surface area contributed by atoms with Crippen molar-refractivity contribution in [3.8, 4) is 11.5 Å². The number of carbonyl (C=O) groups excluding carboxylic acids is 1. The van der Waals surface area contributed by atoms with Crippen LogP contribution in [0.2, 0.25) is 0 Å². The molecule has 2 saturated heterocycles. The third-order valence-corrected chi connectivity index (χ3v) is 9.15. The highest BCUT2D eigenvalue weighted by atomic mass is 16.5. The van der Waals surface area contributed by atoms with Gasteiger partial charge in [0.05, 0.1) is 6.54 Å². The minimum absolute atomic E-state index is 0.0462. The molecular weight excluding hydrogens is 404 g/mol. The van der Waals surface area contributed by atoms with Gasteiger partial charge in [-0.25, -0.2) is 0 Å². The van der Waals surface area contributed by atoms with Gasteiger partial charge in [0.1, 0.15) is 12.2 Å². The van der Waals surface area contributed by atoms with E-state index in [0.717, 1.165) is 56.3 Å². The number of phenolic OH excluding ortho intramolecular Hbond substituents is 1. The van der Waals surface area contributed by atoms with Crippen molar-refractivity contribution in [3.05, 3.63) is 34.9 Å². The number of carbonyl (C=O) groups is 1. The Morgan fingerprint density at radius 2 is 2.12 bits per heavy atom. The topological polar surface area (TPSA) is 73.2 Å². The number of Topliss-reactive ketones (excluding diaryl/α,β-unsaturated/α-hetero) is 1. The minimum atomic E-state index is -0.703. The summed E-state index contributed by atoms with van der Waals surface area (Å²) in [7, 11) is 2.16. The van der Waals surface area contributed by atoms with Crippen LogP contribution in [0.1, 0.15) is 60.5 Å². The van der Waals surface area contributed by atoms with Gasteiger partial charge in [-0.1, -0.05) is 25.5 Å². The third-order valence-electron chi connectivity index (χ3n) is 9.15. The van der Waals surface area contributed by atoms with Gasteiger partial charge in [0.2, 0.25) is 0 Å². The number of piperidine rings is 2. The Hall–Kier alpha value is -1.89. The molecule has 0 radical (unpaired) electrons. The van der Waals surface area contributed by atoms with Crippen LogP contribution in [0.25, 0.3) is 0 Å². The Morgan fingerprint density at radius 1 is 1.28 bits per heavy atom. The molecule has 2 bridgehead atoms. The van der Waals surface area contributed by atoms with E-state index in [1.807, 2.05) is 6.08 Å². The number of hydrogen-bond acceptors (Lipinski definition) is 6. The zero-order chi connectivity index (χ0) is 22.2. The van der Waals surface area contributed by atoms with Crippen LogP contribution < -0.4 is 4.74 Å². The summed E-state index contributed by atoms with van der Waals surface area (Å²) in [5, 5.41) is 21.8. The highest BCUT2D eigenvalue weighted by Crippen LogP contribution is 2.63. The van der Waals surface area contributed by atoms with Gasteiger partial charge in [-0.15, -0.1) is 0 Å². The van der Waals surface area contributed by atoms with Crippen LogP contribution in [-0.4, -0.2) is 76.8 Å². The lowest BCUT2D eigenvalue weighted by Crippen LogP contribution is -2.65. The first-order valence-electron chi connectivity index (χ1n) is 12.4. The maximum absolute atomic E-state index is 13.7. The number of aliphatic hydroxyl groups excluding tert-OH is 1. The monoisotopic (exact) mass is 438 g/mol. The maximum Gasteiger partial charge on any atom is 0.177 e. The molecule has 1 unspecified atom stereocenters. The van der Waals surface area contributed by atoms with Crippen molar-refractivity contribution in [2.45, 2.75) is 75.2 Å². The number of likely N-dealkylation sites (N-methyl/N-ethyl adjacent to an activating group) is 1. The normalized spacial score (nSPS) is 37.8. The Kier molecular flexibility index (Phi) is 4.73. The van der Waals surface area contributed by atoms with Crippen LogP contribution in [0.3, 0.4) is 0 Å². The second-order valence-corrected chi connectivity index (χ2v) is 10.6. The zero-order valence-corrected chi connectivity index (χ0v) is 19.1. The van der Waals surface area contributed by atoms with Crippen molar-refractivity contribution in [3.63, 3.8) is 0 Å². The third kappa shape index (κ3) is 2.66. The summed E-state index contributed by atoms with van der Waals surface area (Å²) in [6.07, 6.45) is 9.16. The maximum atomic E-state index is 13.7. The first kappa shape index (κ1) is 20.7. The standard InChI is InChI=1S/C26H34N2O4/c1-3-15-6-4-5-10-28(15)14-22(31)16-13-21(30)24-23-17(16)12-19-18-7-8-20(29)25(32-24)26(18,23)9-11-27(19)2/h7-8,13,15,18-20,25,29-30H,3-6,9-12,14H2,1-2H3/t15?,18-,19+,20-,25-,26-/m0/s1. The number of phenols is 1. The summed E-state index contributed by atoms with van der Waals surface area (Å²) in [6, 6.07) is 2.38. The molecular formula is C26H34N2O4. The molecule has 5 aliphatic rings. The molecule has 1 aromatic carbocycles. The van der Waals surface area contributed by atoms with Gasteiger partial charge in [0.25, 0.3) is 0 Å². The van der Waals surface area contributed by atoms with Crippen molar-refractivity contribution in [1.29, 1.82) is 0 Å². The molecule has 1 spiro atoms. The molecule has 2 aliphatic carbocycles. The van der Waals surface area contributed by atoms with Crippen LogP contribution in [0.15, 0.2) is 18.2 Å². The Labute approximate surface area is 189 Å². The molecule has 0 aromatic heterocycles. The molecule has 0 saturated carbocycles. The highest BCUT2D eigenvalue weighted by molar-refractivity contribution is 6.00. The van der Waals surface area contributed by atoms with E-state index in [1.165, 1.54) is 6.42 Å². The first-order chi connectivity index (χ1) is 15.5. The molecule has 32 heavy (non-hydrogen) atoms. The van der Waals surface area contributed by atoms with Crippen molar-refractivity contribution < 1.29 is 19.7 Å². The number of hydrogen-bond donors (Lipinski definition) is 2. The molecule has 6 rings (SSSR count). The predicted octanol–water partition coefficient (Wildman–Crippen LogP) is 2.65. The summed E-state index contributed by atoms with van der Waals surface area (Å²) in [5.74, 6) is 0.871. The minimum Gasteiger partial charge on any atom is -0.504 e. The average molecular weight is 439 g/mol. The van der Waals surface area contributed by atoms with Crippen LogP contribution in [0.4, 0.5) is 0 Å². The van der Waals surface area contributed by atoms with E-state index in [2.05, 4.69) is 29.8 Å². The number of ketones is 1. The van der Waals surface area contributed by atoms with Crippen LogP contribution >= 0.6 is 0 Å². The fraction of sp³-hybridized carbons (Fsp3) is 0.654. The molecule has 3 heterocycles. The molecule has 2 N–H and O–H groups in total. The quantitative estimate of drug-likeness (QED) is 0.556. The number of aromatic hydroxyl groups is 1. The summed E-state index contributed by atoms with van der Waals surface area (Å²) >= 11 is 0. The number of rotatable bonds is 4. The largest absolute Gasteiger partial charge is 0.504 e. The van der Waals surface area contributed by atoms with E-state index >= 15 is 0 Å². The fourth-order valence-corrected chi connectivity index (χ4v) is 7.57. The Bertz CT molecular complexity index is 991. The van der Waals surface area contributed by atoms with Crippen molar-refractivity contribution in [2.75, 3.05) is 26.7 Å². The van der Waals surface area contributed by atoms with Gasteiger partial charge < -0.3 is 19.8 Å². The van der Waals surface area contributed by atoms with E-state index in [4.69, 9.17) is 4.74 Å². The smallest absolute Gasteiger partial charge is 0.177 e.